The third kappa shape index (κ3) is 4.44. The van der Waals surface area contributed by atoms with Gasteiger partial charge in [-0.1, -0.05) is 12.1 Å². The van der Waals surface area contributed by atoms with Crippen LogP contribution in [0.25, 0.3) is 0 Å². The smallest absolute Gasteiger partial charge is 0.255 e. The first kappa shape index (κ1) is 16.7. The number of hydrogen-bond donors (Lipinski definition) is 2. The minimum atomic E-state index is -0.386. The van der Waals surface area contributed by atoms with E-state index >= 15 is 0 Å². The van der Waals surface area contributed by atoms with Crippen LogP contribution in [0.3, 0.4) is 0 Å². The molecule has 2 amide bonds. The second-order valence-corrected chi connectivity index (χ2v) is 5.60. The molecule has 1 aliphatic heterocycles. The predicted molar refractivity (Wildman–Crippen MR) is 91.3 cm³/mol. The van der Waals surface area contributed by atoms with Crippen molar-refractivity contribution in [2.24, 2.45) is 0 Å². The number of benzene rings is 2. The van der Waals surface area contributed by atoms with Crippen LogP contribution in [0.15, 0.2) is 60.4 Å². The zero-order valence-corrected chi connectivity index (χ0v) is 13.4. The Bertz CT molecular complexity index is 798. The van der Waals surface area contributed by atoms with E-state index in [9.17, 15) is 14.0 Å². The first-order valence-corrected chi connectivity index (χ1v) is 7.86. The Morgan fingerprint density at radius 2 is 1.72 bits per heavy atom. The number of halogens is 1. The van der Waals surface area contributed by atoms with Gasteiger partial charge in [0.1, 0.15) is 5.82 Å². The lowest BCUT2D eigenvalue weighted by molar-refractivity contribution is -0.117. The van der Waals surface area contributed by atoms with Crippen molar-refractivity contribution in [2.75, 3.05) is 11.9 Å². The molecule has 128 valence electrons. The average molecular weight is 340 g/mol. The fourth-order valence-electron chi connectivity index (χ4n) is 2.36. The molecule has 1 heterocycles. The lowest BCUT2D eigenvalue weighted by Gasteiger charge is -2.08. The Labute approximate surface area is 144 Å². The molecule has 0 unspecified atom stereocenters. The maximum Gasteiger partial charge on any atom is 0.255 e. The molecule has 1 aliphatic rings. The van der Waals surface area contributed by atoms with Gasteiger partial charge in [0.15, 0.2) is 0 Å². The van der Waals surface area contributed by atoms with Gasteiger partial charge in [0.05, 0.1) is 18.4 Å². The molecule has 0 aliphatic carbocycles. The van der Waals surface area contributed by atoms with Crippen LogP contribution in [0.4, 0.5) is 10.1 Å². The molecule has 3 rings (SSSR count). The van der Waals surface area contributed by atoms with E-state index in [0.717, 1.165) is 5.56 Å². The van der Waals surface area contributed by atoms with Gasteiger partial charge in [0.25, 0.3) is 11.8 Å². The number of carbonyl (C=O) groups excluding carboxylic acids is 2. The van der Waals surface area contributed by atoms with Crippen LogP contribution in [-0.2, 0) is 16.1 Å². The summed E-state index contributed by atoms with van der Waals surface area (Å²) >= 11 is 0. The summed E-state index contributed by atoms with van der Waals surface area (Å²) in [5.74, 6) is -0.830. The molecule has 0 spiro atoms. The fourth-order valence-corrected chi connectivity index (χ4v) is 2.36. The van der Waals surface area contributed by atoms with E-state index in [0.29, 0.717) is 36.4 Å². The maximum atomic E-state index is 12.9. The first-order valence-electron chi connectivity index (χ1n) is 7.86. The van der Waals surface area contributed by atoms with Crippen LogP contribution < -0.4 is 10.6 Å². The SMILES string of the molecule is O=C(NCc1ccc(NC(=O)c2ccc(F)cc2)cc1)C1=COCC1. The maximum absolute atomic E-state index is 12.9. The molecular weight excluding hydrogens is 323 g/mol. The molecule has 0 bridgehead atoms. The van der Waals surface area contributed by atoms with Gasteiger partial charge in [0, 0.05) is 24.2 Å². The highest BCUT2D eigenvalue weighted by molar-refractivity contribution is 6.04. The number of carbonyl (C=O) groups is 2. The van der Waals surface area contributed by atoms with Crippen molar-refractivity contribution in [3.05, 3.63) is 77.3 Å². The summed E-state index contributed by atoms with van der Waals surface area (Å²) in [4.78, 5) is 23.9. The molecular formula is C19H17FN2O3. The van der Waals surface area contributed by atoms with E-state index in [2.05, 4.69) is 10.6 Å². The van der Waals surface area contributed by atoms with Gasteiger partial charge in [-0.2, -0.15) is 0 Å². The summed E-state index contributed by atoms with van der Waals surface area (Å²) in [5, 5.41) is 5.56. The minimum Gasteiger partial charge on any atom is -0.500 e. The summed E-state index contributed by atoms with van der Waals surface area (Å²) in [6.07, 6.45) is 2.11. The van der Waals surface area contributed by atoms with Crippen LogP contribution in [0.1, 0.15) is 22.3 Å². The zero-order chi connectivity index (χ0) is 17.6. The van der Waals surface area contributed by atoms with E-state index in [1.807, 2.05) is 12.1 Å². The topological polar surface area (TPSA) is 67.4 Å². The van der Waals surface area contributed by atoms with E-state index in [1.165, 1.54) is 30.5 Å². The summed E-state index contributed by atoms with van der Waals surface area (Å²) < 4.78 is 17.9. The van der Waals surface area contributed by atoms with Gasteiger partial charge in [-0.05, 0) is 42.0 Å². The molecule has 6 heteroatoms. The molecule has 2 aromatic rings. The number of ether oxygens (including phenoxy) is 1. The highest BCUT2D eigenvalue weighted by Gasteiger charge is 2.14. The summed E-state index contributed by atoms with van der Waals surface area (Å²) in [5.41, 5.74) is 2.55. The van der Waals surface area contributed by atoms with Gasteiger partial charge in [-0.25, -0.2) is 4.39 Å². The van der Waals surface area contributed by atoms with Gasteiger partial charge in [-0.15, -0.1) is 0 Å². The number of anilines is 1. The number of nitrogens with one attached hydrogen (secondary N) is 2. The molecule has 0 radical (unpaired) electrons. The molecule has 0 fully saturated rings. The number of rotatable bonds is 5. The van der Waals surface area contributed by atoms with Crippen LogP contribution in [0, 0.1) is 5.82 Å². The summed E-state index contributed by atoms with van der Waals surface area (Å²) in [7, 11) is 0. The molecule has 2 N–H and O–H groups in total. The van der Waals surface area contributed by atoms with E-state index in [4.69, 9.17) is 4.74 Å². The summed E-state index contributed by atoms with van der Waals surface area (Å²) in [6, 6.07) is 12.5. The number of hydrogen-bond acceptors (Lipinski definition) is 3. The highest BCUT2D eigenvalue weighted by Crippen LogP contribution is 2.13. The normalized spacial score (nSPS) is 12.9. The quantitative estimate of drug-likeness (QED) is 0.879. The third-order valence-electron chi connectivity index (χ3n) is 3.78. The van der Waals surface area contributed by atoms with Crippen molar-refractivity contribution < 1.29 is 18.7 Å². The second kappa shape index (κ2) is 7.61. The lowest BCUT2D eigenvalue weighted by Crippen LogP contribution is -2.24. The van der Waals surface area contributed by atoms with Crippen LogP contribution in [0.2, 0.25) is 0 Å². The van der Waals surface area contributed by atoms with Crippen molar-refractivity contribution in [3.8, 4) is 0 Å². The van der Waals surface area contributed by atoms with Crippen molar-refractivity contribution in [1.29, 1.82) is 0 Å². The standard InChI is InChI=1S/C19H17FN2O3/c20-16-5-3-14(4-6-16)19(24)22-17-7-1-13(2-8-17)11-21-18(23)15-9-10-25-12-15/h1-8,12H,9-11H2,(H,21,23)(H,22,24). The van der Waals surface area contributed by atoms with Crippen LogP contribution >= 0.6 is 0 Å². The van der Waals surface area contributed by atoms with Crippen molar-refractivity contribution in [2.45, 2.75) is 13.0 Å². The lowest BCUT2D eigenvalue weighted by atomic mass is 10.1. The zero-order valence-electron chi connectivity index (χ0n) is 13.4. The molecule has 0 saturated carbocycles. The molecule has 0 aromatic heterocycles. The Balaban J connectivity index is 1.54. The Kier molecular flexibility index (Phi) is 5.09. The highest BCUT2D eigenvalue weighted by atomic mass is 19.1. The number of amides is 2. The van der Waals surface area contributed by atoms with Crippen molar-refractivity contribution in [3.63, 3.8) is 0 Å². The van der Waals surface area contributed by atoms with Crippen molar-refractivity contribution in [1.82, 2.24) is 5.32 Å². The van der Waals surface area contributed by atoms with Crippen LogP contribution in [-0.4, -0.2) is 18.4 Å². The first-order chi connectivity index (χ1) is 12.1. The summed E-state index contributed by atoms with van der Waals surface area (Å²) in [6.45, 7) is 0.938. The van der Waals surface area contributed by atoms with Gasteiger partial charge in [0.2, 0.25) is 0 Å². The monoisotopic (exact) mass is 340 g/mol. The molecule has 0 atom stereocenters. The van der Waals surface area contributed by atoms with Gasteiger partial charge >= 0.3 is 0 Å². The van der Waals surface area contributed by atoms with Gasteiger partial charge in [-0.3, -0.25) is 9.59 Å². The predicted octanol–water partition coefficient (Wildman–Crippen LogP) is 3.00. The minimum absolute atomic E-state index is 0.133. The fraction of sp³-hybridized carbons (Fsp3) is 0.158. The van der Waals surface area contributed by atoms with Gasteiger partial charge < -0.3 is 15.4 Å². The van der Waals surface area contributed by atoms with E-state index in [1.54, 1.807) is 12.1 Å². The Morgan fingerprint density at radius 3 is 2.36 bits per heavy atom. The van der Waals surface area contributed by atoms with E-state index < -0.39 is 0 Å². The molecule has 0 saturated heterocycles. The molecule has 5 nitrogen and oxygen atoms in total. The molecule has 2 aromatic carbocycles. The Morgan fingerprint density at radius 1 is 1.00 bits per heavy atom. The largest absolute Gasteiger partial charge is 0.500 e. The Hall–Kier alpha value is -3.15. The second-order valence-electron chi connectivity index (χ2n) is 5.60. The average Bonchev–Trinajstić information content (AvgIpc) is 3.16. The van der Waals surface area contributed by atoms with E-state index in [-0.39, 0.29) is 17.6 Å². The molecule has 25 heavy (non-hydrogen) atoms. The third-order valence-corrected chi connectivity index (χ3v) is 3.78. The van der Waals surface area contributed by atoms with Crippen molar-refractivity contribution >= 4 is 17.5 Å². The van der Waals surface area contributed by atoms with Crippen LogP contribution in [0.5, 0.6) is 0 Å².